The summed E-state index contributed by atoms with van der Waals surface area (Å²) in [5, 5.41) is 2.81. The van der Waals surface area contributed by atoms with Gasteiger partial charge in [0.15, 0.2) is 4.75 Å². The van der Waals surface area contributed by atoms with E-state index in [0.717, 1.165) is 22.8 Å². The predicted molar refractivity (Wildman–Crippen MR) is 113 cm³/mol. The Morgan fingerprint density at radius 1 is 1.14 bits per heavy atom. The van der Waals surface area contributed by atoms with E-state index in [1.807, 2.05) is 54.2 Å². The van der Waals surface area contributed by atoms with Gasteiger partial charge in [-0.05, 0) is 36.2 Å². The Bertz CT molecular complexity index is 1020. The summed E-state index contributed by atoms with van der Waals surface area (Å²) in [5.41, 5.74) is 1.51. The summed E-state index contributed by atoms with van der Waals surface area (Å²) in [6.07, 6.45) is 0.651. The minimum atomic E-state index is -3.70. The Labute approximate surface area is 174 Å². The van der Waals surface area contributed by atoms with Crippen LogP contribution in [0.2, 0.25) is 0 Å². The second-order valence-corrected chi connectivity index (χ2v) is 11.1. The van der Waals surface area contributed by atoms with Crippen LogP contribution in [0.3, 0.4) is 0 Å². The first-order valence-electron chi connectivity index (χ1n) is 9.68. The standard InChI is InChI=1S/C21H22N2O4S2/c24-20(22-17-6-8-18(9-7-17)27-19-13-28-14-19)21-10-16(21)12-23(29(21,25)26)11-15-4-2-1-3-5-15/h1-9,16,19H,10-14H2,(H,22,24)/t16-,21-/m0/s1. The van der Waals surface area contributed by atoms with Crippen molar-refractivity contribution in [3.05, 3.63) is 60.2 Å². The minimum Gasteiger partial charge on any atom is -0.489 e. The van der Waals surface area contributed by atoms with E-state index in [1.54, 1.807) is 12.1 Å². The average Bonchev–Trinajstić information content (AvgIpc) is 3.37. The predicted octanol–water partition coefficient (Wildman–Crippen LogP) is 2.72. The Morgan fingerprint density at radius 2 is 1.86 bits per heavy atom. The highest BCUT2D eigenvalue weighted by Gasteiger charge is 2.75. The van der Waals surface area contributed by atoms with Crippen LogP contribution in [0.15, 0.2) is 54.6 Å². The molecule has 3 fully saturated rings. The molecule has 1 N–H and O–H groups in total. The highest BCUT2D eigenvalue weighted by atomic mass is 32.2. The number of ether oxygens (including phenoxy) is 1. The number of hydrogen-bond acceptors (Lipinski definition) is 5. The lowest BCUT2D eigenvalue weighted by atomic mass is 10.2. The van der Waals surface area contributed by atoms with Crippen LogP contribution in [0.4, 0.5) is 5.69 Å². The van der Waals surface area contributed by atoms with E-state index in [1.165, 1.54) is 4.31 Å². The van der Waals surface area contributed by atoms with Crippen LogP contribution >= 0.6 is 11.8 Å². The minimum absolute atomic E-state index is 0.144. The van der Waals surface area contributed by atoms with Gasteiger partial charge in [-0.25, -0.2) is 8.42 Å². The van der Waals surface area contributed by atoms with E-state index in [4.69, 9.17) is 4.74 Å². The number of carbonyl (C=O) groups is 1. The number of hydrogen-bond donors (Lipinski definition) is 1. The molecule has 0 unspecified atom stereocenters. The Hall–Kier alpha value is -2.03. The van der Waals surface area contributed by atoms with E-state index >= 15 is 0 Å². The summed E-state index contributed by atoms with van der Waals surface area (Å²) in [5.74, 6) is 2.19. The molecular weight excluding hydrogens is 408 g/mol. The molecule has 2 heterocycles. The molecule has 6 nitrogen and oxygen atoms in total. The maximum absolute atomic E-state index is 13.2. The lowest BCUT2D eigenvalue weighted by Gasteiger charge is -2.26. The van der Waals surface area contributed by atoms with Gasteiger partial charge in [-0.15, -0.1) is 0 Å². The molecule has 0 spiro atoms. The first-order chi connectivity index (χ1) is 14.0. The molecule has 1 aliphatic carbocycles. The third-order valence-corrected chi connectivity index (χ3v) is 9.66. The van der Waals surface area contributed by atoms with E-state index in [9.17, 15) is 13.2 Å². The number of anilines is 1. The van der Waals surface area contributed by atoms with Crippen molar-refractivity contribution in [2.24, 2.45) is 5.92 Å². The summed E-state index contributed by atoms with van der Waals surface area (Å²) >= 11 is 1.85. The van der Waals surface area contributed by atoms with Gasteiger partial charge in [-0.1, -0.05) is 30.3 Å². The number of benzene rings is 2. The average molecular weight is 431 g/mol. The highest BCUT2D eigenvalue weighted by Crippen LogP contribution is 2.58. The number of thioether (sulfide) groups is 1. The van der Waals surface area contributed by atoms with Gasteiger partial charge in [0.1, 0.15) is 11.9 Å². The SMILES string of the molecule is O=C(Nc1ccc(OC2CSC2)cc1)[C@]12C[C@H]1CN(Cc1ccccc1)S2(=O)=O. The third kappa shape index (κ3) is 3.23. The fraction of sp³-hybridized carbons (Fsp3) is 0.381. The van der Waals surface area contributed by atoms with Crippen LogP contribution in [0.5, 0.6) is 5.75 Å². The van der Waals surface area contributed by atoms with Crippen molar-refractivity contribution < 1.29 is 17.9 Å². The first-order valence-corrected chi connectivity index (χ1v) is 12.3. The summed E-state index contributed by atoms with van der Waals surface area (Å²) in [7, 11) is -3.70. The second-order valence-electron chi connectivity index (χ2n) is 7.83. The number of rotatable bonds is 6. The molecule has 2 aromatic rings. The number of sulfonamides is 1. The number of nitrogens with zero attached hydrogens (tertiary/aromatic N) is 1. The Balaban J connectivity index is 1.27. The van der Waals surface area contributed by atoms with Crippen LogP contribution in [-0.2, 0) is 21.4 Å². The molecule has 1 saturated carbocycles. The van der Waals surface area contributed by atoms with Crippen molar-refractivity contribution in [3.8, 4) is 5.75 Å². The zero-order valence-corrected chi connectivity index (χ0v) is 17.4. The maximum atomic E-state index is 13.2. The molecule has 2 atom stereocenters. The zero-order valence-electron chi connectivity index (χ0n) is 15.8. The second kappa shape index (κ2) is 7.04. The molecule has 1 amide bonds. The fourth-order valence-electron chi connectivity index (χ4n) is 4.07. The summed E-state index contributed by atoms with van der Waals surface area (Å²) in [6.45, 7) is 0.705. The first kappa shape index (κ1) is 19.0. The van der Waals surface area contributed by atoms with Gasteiger partial charge in [-0.2, -0.15) is 16.1 Å². The van der Waals surface area contributed by atoms with Crippen molar-refractivity contribution in [2.75, 3.05) is 23.4 Å². The van der Waals surface area contributed by atoms with E-state index in [2.05, 4.69) is 5.32 Å². The molecule has 2 aliphatic heterocycles. The topological polar surface area (TPSA) is 75.7 Å². The van der Waals surface area contributed by atoms with Crippen molar-refractivity contribution >= 4 is 33.4 Å². The molecule has 3 aliphatic rings. The number of amides is 1. The molecule has 29 heavy (non-hydrogen) atoms. The van der Waals surface area contributed by atoms with Gasteiger partial charge in [0.2, 0.25) is 15.9 Å². The van der Waals surface area contributed by atoms with Crippen molar-refractivity contribution in [1.82, 2.24) is 4.31 Å². The van der Waals surface area contributed by atoms with E-state index in [0.29, 0.717) is 25.2 Å². The van der Waals surface area contributed by atoms with Crippen LogP contribution in [-0.4, -0.2) is 47.5 Å². The van der Waals surface area contributed by atoms with Crippen LogP contribution < -0.4 is 10.1 Å². The summed E-state index contributed by atoms with van der Waals surface area (Å²) in [6, 6.07) is 16.6. The quantitative estimate of drug-likeness (QED) is 0.763. The van der Waals surface area contributed by atoms with Crippen LogP contribution in [0, 0.1) is 5.92 Å². The van der Waals surface area contributed by atoms with Crippen LogP contribution in [0.1, 0.15) is 12.0 Å². The molecule has 5 rings (SSSR count). The molecule has 0 aromatic heterocycles. The molecular formula is C21H22N2O4S2. The molecule has 2 saturated heterocycles. The molecule has 0 radical (unpaired) electrons. The lowest BCUT2D eigenvalue weighted by Crippen LogP contribution is -2.41. The largest absolute Gasteiger partial charge is 0.489 e. The van der Waals surface area contributed by atoms with Gasteiger partial charge in [0.25, 0.3) is 0 Å². The molecule has 8 heteroatoms. The zero-order chi connectivity index (χ0) is 20.1. The third-order valence-electron chi connectivity index (χ3n) is 5.88. The summed E-state index contributed by atoms with van der Waals surface area (Å²) < 4.78 is 32.2. The van der Waals surface area contributed by atoms with E-state index < -0.39 is 20.7 Å². The molecule has 2 aromatic carbocycles. The molecule has 0 bridgehead atoms. The fourth-order valence-corrected chi connectivity index (χ4v) is 6.98. The normalized spacial score (nSPS) is 27.7. The van der Waals surface area contributed by atoms with E-state index in [-0.39, 0.29) is 12.0 Å². The number of carbonyl (C=O) groups excluding carboxylic acids is 1. The van der Waals surface area contributed by atoms with Crippen molar-refractivity contribution in [2.45, 2.75) is 23.8 Å². The maximum Gasteiger partial charge on any atom is 0.247 e. The van der Waals surface area contributed by atoms with Gasteiger partial charge in [-0.3, -0.25) is 4.79 Å². The number of nitrogens with one attached hydrogen (secondary N) is 1. The van der Waals surface area contributed by atoms with Gasteiger partial charge in [0.05, 0.1) is 0 Å². The van der Waals surface area contributed by atoms with Crippen molar-refractivity contribution in [3.63, 3.8) is 0 Å². The smallest absolute Gasteiger partial charge is 0.247 e. The monoisotopic (exact) mass is 430 g/mol. The molecule has 152 valence electrons. The van der Waals surface area contributed by atoms with Gasteiger partial charge < -0.3 is 10.1 Å². The Morgan fingerprint density at radius 3 is 2.52 bits per heavy atom. The van der Waals surface area contributed by atoms with Gasteiger partial charge >= 0.3 is 0 Å². The number of fused-ring (bicyclic) bond motifs is 1. The van der Waals surface area contributed by atoms with Crippen LogP contribution in [0.25, 0.3) is 0 Å². The highest BCUT2D eigenvalue weighted by molar-refractivity contribution is 8.00. The van der Waals surface area contributed by atoms with Crippen molar-refractivity contribution in [1.29, 1.82) is 0 Å². The lowest BCUT2D eigenvalue weighted by molar-refractivity contribution is -0.116. The van der Waals surface area contributed by atoms with Gasteiger partial charge in [0, 0.05) is 36.2 Å². The summed E-state index contributed by atoms with van der Waals surface area (Å²) in [4.78, 5) is 13.0. The Kier molecular flexibility index (Phi) is 4.60.